The molecule has 1 unspecified atom stereocenters. The monoisotopic (exact) mass is 274 g/mol. The van der Waals surface area contributed by atoms with Crippen molar-refractivity contribution in [2.24, 2.45) is 5.41 Å². The molecule has 21 heavy (non-hydrogen) atoms. The van der Waals surface area contributed by atoms with E-state index in [4.69, 9.17) is 0 Å². The molecule has 0 heterocycles. The van der Waals surface area contributed by atoms with E-state index < -0.39 is 5.41 Å². The van der Waals surface area contributed by atoms with E-state index >= 15 is 0 Å². The van der Waals surface area contributed by atoms with Crippen LogP contribution in [0.3, 0.4) is 0 Å². The lowest BCUT2D eigenvalue weighted by Crippen LogP contribution is -2.26. The summed E-state index contributed by atoms with van der Waals surface area (Å²) in [4.78, 5) is 12.7. The fourth-order valence-electron chi connectivity index (χ4n) is 2.66. The maximum atomic E-state index is 12.7. The first kappa shape index (κ1) is 13.6. The Balaban J connectivity index is 1.83. The molecule has 1 atom stereocenters. The number of hydrogen-bond acceptors (Lipinski definition) is 1. The zero-order valence-corrected chi connectivity index (χ0v) is 12.1. The highest BCUT2D eigenvalue weighted by Gasteiger charge is 2.31. The van der Waals surface area contributed by atoms with Gasteiger partial charge in [-0.05, 0) is 24.5 Å². The lowest BCUT2D eigenvalue weighted by Gasteiger charge is -2.26. The Morgan fingerprint density at radius 2 is 1.57 bits per heavy atom. The molecule has 0 aromatic heterocycles. The average molecular weight is 274 g/mol. The van der Waals surface area contributed by atoms with E-state index in [0.717, 1.165) is 12.0 Å². The predicted molar refractivity (Wildman–Crippen MR) is 87.1 cm³/mol. The normalized spacial score (nSPS) is 20.9. The third kappa shape index (κ3) is 2.73. The lowest BCUT2D eigenvalue weighted by molar-refractivity contribution is 0.0871. The molecule has 1 heteroatoms. The van der Waals surface area contributed by atoms with Crippen LogP contribution in [0.1, 0.15) is 29.3 Å². The van der Waals surface area contributed by atoms with Crippen LogP contribution in [0.2, 0.25) is 0 Å². The molecule has 2 aromatic rings. The van der Waals surface area contributed by atoms with Gasteiger partial charge in [0.15, 0.2) is 5.78 Å². The Morgan fingerprint density at radius 3 is 2.14 bits per heavy atom. The molecule has 0 aliphatic heterocycles. The van der Waals surface area contributed by atoms with Crippen molar-refractivity contribution in [2.45, 2.75) is 13.3 Å². The standard InChI is InChI=1S/C20H18O/c1-20(19(21)18-10-6-3-7-11-18)14-12-17(13-15-20)16-8-4-2-5-9-16/h2-14H,15H2,1H3. The van der Waals surface area contributed by atoms with E-state index in [-0.39, 0.29) is 5.78 Å². The van der Waals surface area contributed by atoms with Gasteiger partial charge >= 0.3 is 0 Å². The molecule has 104 valence electrons. The number of carbonyl (C=O) groups is 1. The SMILES string of the molecule is CC1(C(=O)c2ccccc2)C=CC(c2ccccc2)=CC1. The van der Waals surface area contributed by atoms with E-state index in [1.807, 2.05) is 61.5 Å². The summed E-state index contributed by atoms with van der Waals surface area (Å²) in [6.07, 6.45) is 7.02. The number of rotatable bonds is 3. The van der Waals surface area contributed by atoms with Crippen molar-refractivity contribution in [2.75, 3.05) is 0 Å². The summed E-state index contributed by atoms with van der Waals surface area (Å²) in [5, 5.41) is 0. The summed E-state index contributed by atoms with van der Waals surface area (Å²) < 4.78 is 0. The smallest absolute Gasteiger partial charge is 0.172 e. The van der Waals surface area contributed by atoms with Crippen molar-refractivity contribution in [1.82, 2.24) is 0 Å². The van der Waals surface area contributed by atoms with E-state index in [1.54, 1.807) is 0 Å². The minimum Gasteiger partial charge on any atom is -0.293 e. The Labute approximate surface area is 125 Å². The third-order valence-corrected chi connectivity index (χ3v) is 4.04. The highest BCUT2D eigenvalue weighted by molar-refractivity contribution is 6.02. The number of carbonyl (C=O) groups excluding carboxylic acids is 1. The Morgan fingerprint density at radius 1 is 0.952 bits per heavy atom. The first-order valence-electron chi connectivity index (χ1n) is 7.24. The molecule has 0 bridgehead atoms. The van der Waals surface area contributed by atoms with Crippen molar-refractivity contribution >= 4 is 11.4 Å². The molecule has 0 saturated carbocycles. The molecule has 0 amide bonds. The van der Waals surface area contributed by atoms with Crippen LogP contribution in [-0.4, -0.2) is 5.78 Å². The second kappa shape index (κ2) is 5.53. The molecule has 1 nitrogen and oxygen atoms in total. The van der Waals surface area contributed by atoms with Gasteiger partial charge in [0.1, 0.15) is 0 Å². The van der Waals surface area contributed by atoms with Gasteiger partial charge in [-0.1, -0.05) is 78.9 Å². The number of hydrogen-bond donors (Lipinski definition) is 0. The molecule has 0 fully saturated rings. The average Bonchev–Trinajstić information content (AvgIpc) is 2.56. The highest BCUT2D eigenvalue weighted by Crippen LogP contribution is 2.35. The van der Waals surface area contributed by atoms with Gasteiger partial charge in [0.25, 0.3) is 0 Å². The molecule has 0 radical (unpaired) electrons. The summed E-state index contributed by atoms with van der Waals surface area (Å²) in [6, 6.07) is 19.8. The lowest BCUT2D eigenvalue weighted by atomic mass is 9.75. The predicted octanol–water partition coefficient (Wildman–Crippen LogP) is 4.92. The maximum Gasteiger partial charge on any atom is 0.172 e. The minimum absolute atomic E-state index is 0.183. The maximum absolute atomic E-state index is 12.7. The first-order valence-corrected chi connectivity index (χ1v) is 7.24. The van der Waals surface area contributed by atoms with Crippen molar-refractivity contribution in [3.63, 3.8) is 0 Å². The summed E-state index contributed by atoms with van der Waals surface area (Å²) in [6.45, 7) is 2.01. The van der Waals surface area contributed by atoms with Crippen LogP contribution in [0, 0.1) is 5.41 Å². The highest BCUT2D eigenvalue weighted by atomic mass is 16.1. The molecule has 1 aliphatic rings. The number of benzene rings is 2. The third-order valence-electron chi connectivity index (χ3n) is 4.04. The van der Waals surface area contributed by atoms with Crippen LogP contribution >= 0.6 is 0 Å². The quantitative estimate of drug-likeness (QED) is 0.726. The van der Waals surface area contributed by atoms with Crippen LogP contribution in [0.4, 0.5) is 0 Å². The van der Waals surface area contributed by atoms with Crippen molar-refractivity contribution in [1.29, 1.82) is 0 Å². The minimum atomic E-state index is -0.445. The van der Waals surface area contributed by atoms with Gasteiger partial charge in [-0.2, -0.15) is 0 Å². The molecule has 0 N–H and O–H groups in total. The summed E-state index contributed by atoms with van der Waals surface area (Å²) in [5.74, 6) is 0.183. The van der Waals surface area contributed by atoms with E-state index in [9.17, 15) is 4.79 Å². The van der Waals surface area contributed by atoms with Gasteiger partial charge in [0.2, 0.25) is 0 Å². The van der Waals surface area contributed by atoms with Gasteiger partial charge < -0.3 is 0 Å². The number of allylic oxidation sites excluding steroid dienone is 4. The van der Waals surface area contributed by atoms with E-state index in [1.165, 1.54) is 11.1 Å². The summed E-state index contributed by atoms with van der Waals surface area (Å²) >= 11 is 0. The Hall–Kier alpha value is -2.41. The van der Waals surface area contributed by atoms with Crippen molar-refractivity contribution < 1.29 is 4.79 Å². The van der Waals surface area contributed by atoms with Gasteiger partial charge in [0.05, 0.1) is 5.41 Å². The van der Waals surface area contributed by atoms with Gasteiger partial charge in [0, 0.05) is 5.56 Å². The van der Waals surface area contributed by atoms with Gasteiger partial charge in [-0.15, -0.1) is 0 Å². The Bertz CT molecular complexity index is 695. The number of Topliss-reactive ketones (excluding diaryl/α,β-unsaturated/α-hetero) is 1. The van der Waals surface area contributed by atoms with Crippen LogP contribution in [0.5, 0.6) is 0 Å². The van der Waals surface area contributed by atoms with E-state index in [0.29, 0.717) is 0 Å². The van der Waals surface area contributed by atoms with Crippen molar-refractivity contribution in [3.05, 3.63) is 90.0 Å². The van der Waals surface area contributed by atoms with Crippen LogP contribution < -0.4 is 0 Å². The van der Waals surface area contributed by atoms with Gasteiger partial charge in [-0.25, -0.2) is 0 Å². The molecule has 2 aromatic carbocycles. The van der Waals surface area contributed by atoms with Crippen molar-refractivity contribution in [3.8, 4) is 0 Å². The molecule has 0 spiro atoms. The zero-order chi connectivity index (χ0) is 14.7. The fraction of sp³-hybridized carbons (Fsp3) is 0.150. The summed E-state index contributed by atoms with van der Waals surface area (Å²) in [7, 11) is 0. The first-order chi connectivity index (χ1) is 10.2. The fourth-order valence-corrected chi connectivity index (χ4v) is 2.66. The van der Waals surface area contributed by atoms with E-state index in [2.05, 4.69) is 24.3 Å². The summed E-state index contributed by atoms with van der Waals surface area (Å²) in [5.41, 5.74) is 2.72. The van der Waals surface area contributed by atoms with Crippen LogP contribution in [0.15, 0.2) is 78.9 Å². The molecular formula is C20H18O. The molecule has 1 aliphatic carbocycles. The van der Waals surface area contributed by atoms with Crippen LogP contribution in [-0.2, 0) is 0 Å². The topological polar surface area (TPSA) is 17.1 Å². The molecular weight excluding hydrogens is 256 g/mol. The molecule has 0 saturated heterocycles. The van der Waals surface area contributed by atoms with Crippen LogP contribution in [0.25, 0.3) is 5.57 Å². The van der Waals surface area contributed by atoms with Gasteiger partial charge in [-0.3, -0.25) is 4.79 Å². The Kier molecular flexibility index (Phi) is 3.57. The zero-order valence-electron chi connectivity index (χ0n) is 12.1. The second-order valence-electron chi connectivity index (χ2n) is 5.68. The molecule has 3 rings (SSSR count). The second-order valence-corrected chi connectivity index (χ2v) is 5.68. The number of ketones is 1. The largest absolute Gasteiger partial charge is 0.293 e.